The highest BCUT2D eigenvalue weighted by atomic mass is 79.9. The molecular weight excluding hydrogens is 660 g/mol. The minimum absolute atomic E-state index is 0.176. The SMILES string of the molecule is CC(C)(C)[Si](C)(C)OCCCN1CC2CCC(C1)N2c1nc(OC[C@@]23CCCN2C[C@H](F)C3)nc2c(F)c(Br)c3c(c12)COC3. The minimum Gasteiger partial charge on any atom is -0.461 e. The maximum atomic E-state index is 16.0. The molecule has 5 aliphatic rings. The highest BCUT2D eigenvalue weighted by Crippen LogP contribution is 2.45. The Kier molecular flexibility index (Phi) is 8.50. The molecule has 0 amide bonds. The molecule has 0 radical (unpaired) electrons. The van der Waals surface area contributed by atoms with Crippen molar-refractivity contribution < 1.29 is 22.7 Å². The Balaban J connectivity index is 1.15. The first-order valence-electron chi connectivity index (χ1n) is 16.8. The smallest absolute Gasteiger partial charge is 0.319 e. The van der Waals surface area contributed by atoms with Gasteiger partial charge in [-0.05, 0) is 78.3 Å². The van der Waals surface area contributed by atoms with Gasteiger partial charge in [0.05, 0.1) is 28.6 Å². The standard InChI is InChI=1S/C33H48BrF2N5O3Si/c1-32(2,3)45(4,5)44-13-7-11-39-16-22-8-9-23(17-39)41(22)30-26-24-18-42-19-25(24)27(34)28(36)29(26)37-31(38-30)43-20-33-10-6-12-40(33)15-21(35)14-33/h21-23H,6-20H2,1-5H3/t21-,22?,23?,33+/m1/s1. The summed E-state index contributed by atoms with van der Waals surface area (Å²) in [6, 6.07) is 0.716. The van der Waals surface area contributed by atoms with Crippen LogP contribution in [0.1, 0.15) is 70.4 Å². The van der Waals surface area contributed by atoms with Gasteiger partial charge < -0.3 is 18.8 Å². The predicted molar refractivity (Wildman–Crippen MR) is 178 cm³/mol. The molecule has 0 spiro atoms. The maximum Gasteiger partial charge on any atom is 0.319 e. The summed E-state index contributed by atoms with van der Waals surface area (Å²) in [4.78, 5) is 17.0. The first-order valence-corrected chi connectivity index (χ1v) is 20.5. The van der Waals surface area contributed by atoms with Gasteiger partial charge in [0, 0.05) is 56.9 Å². The van der Waals surface area contributed by atoms with Crippen molar-refractivity contribution in [3.05, 3.63) is 21.4 Å². The van der Waals surface area contributed by atoms with E-state index in [0.29, 0.717) is 37.3 Å². The van der Waals surface area contributed by atoms with Gasteiger partial charge in [0.15, 0.2) is 14.1 Å². The molecule has 2 aromatic rings. The quantitative estimate of drug-likeness (QED) is 0.214. The third kappa shape index (κ3) is 5.73. The summed E-state index contributed by atoms with van der Waals surface area (Å²) in [6.45, 7) is 17.6. The van der Waals surface area contributed by atoms with E-state index in [1.165, 1.54) is 0 Å². The fourth-order valence-corrected chi connectivity index (χ4v) is 9.83. The number of anilines is 1. The molecule has 2 unspecified atom stereocenters. The number of fused-ring (bicyclic) bond motifs is 6. The average molecular weight is 709 g/mol. The van der Waals surface area contributed by atoms with Crippen LogP contribution in [0.2, 0.25) is 18.1 Å². The van der Waals surface area contributed by atoms with Gasteiger partial charge in [0.1, 0.15) is 24.1 Å². The Labute approximate surface area is 275 Å². The second kappa shape index (κ2) is 11.9. The number of hydrogen-bond acceptors (Lipinski definition) is 8. The van der Waals surface area contributed by atoms with E-state index in [9.17, 15) is 4.39 Å². The first-order chi connectivity index (χ1) is 21.4. The Morgan fingerprint density at radius 3 is 2.56 bits per heavy atom. The van der Waals surface area contributed by atoms with Gasteiger partial charge in [-0.1, -0.05) is 20.8 Å². The third-order valence-corrected chi connectivity index (χ3v) is 17.0. The Bertz CT molecular complexity index is 1450. The van der Waals surface area contributed by atoms with E-state index in [-0.39, 0.29) is 34.2 Å². The Morgan fingerprint density at radius 1 is 1.09 bits per heavy atom. The molecule has 45 heavy (non-hydrogen) atoms. The van der Waals surface area contributed by atoms with Gasteiger partial charge in [-0.25, -0.2) is 8.78 Å². The topological polar surface area (TPSA) is 63.2 Å². The van der Waals surface area contributed by atoms with E-state index < -0.39 is 20.3 Å². The van der Waals surface area contributed by atoms with E-state index in [0.717, 1.165) is 87.2 Å². The predicted octanol–water partition coefficient (Wildman–Crippen LogP) is 6.58. The molecule has 7 rings (SSSR count). The number of rotatable bonds is 9. The number of likely N-dealkylation sites (tertiary alicyclic amines) is 1. The molecule has 4 saturated heterocycles. The zero-order chi connectivity index (χ0) is 31.7. The average Bonchev–Trinajstić information content (AvgIpc) is 3.74. The van der Waals surface area contributed by atoms with Gasteiger partial charge in [-0.3, -0.25) is 9.80 Å². The van der Waals surface area contributed by atoms with E-state index in [4.69, 9.17) is 18.9 Å². The van der Waals surface area contributed by atoms with Crippen LogP contribution in [-0.4, -0.2) is 97.8 Å². The van der Waals surface area contributed by atoms with Gasteiger partial charge >= 0.3 is 6.01 Å². The fourth-order valence-electron chi connectivity index (χ4n) is 8.20. The summed E-state index contributed by atoms with van der Waals surface area (Å²) in [5, 5.41) is 0.957. The van der Waals surface area contributed by atoms with Crippen LogP contribution >= 0.6 is 15.9 Å². The van der Waals surface area contributed by atoms with E-state index >= 15 is 4.39 Å². The van der Waals surface area contributed by atoms with Crippen LogP contribution in [0, 0.1) is 5.82 Å². The molecule has 2 bridgehead atoms. The normalized spacial score (nSPS) is 28.8. The summed E-state index contributed by atoms with van der Waals surface area (Å²) in [5.74, 6) is 0.355. The molecule has 0 saturated carbocycles. The molecule has 0 N–H and O–H groups in total. The molecule has 1 aromatic carbocycles. The maximum absolute atomic E-state index is 16.0. The zero-order valence-electron chi connectivity index (χ0n) is 27.4. The number of alkyl halides is 1. The van der Waals surface area contributed by atoms with Crippen molar-refractivity contribution in [1.82, 2.24) is 19.8 Å². The van der Waals surface area contributed by atoms with Crippen molar-refractivity contribution in [3.8, 4) is 6.01 Å². The summed E-state index contributed by atoms with van der Waals surface area (Å²) in [6.07, 6.45) is 4.70. The van der Waals surface area contributed by atoms with Crippen LogP contribution in [0.25, 0.3) is 10.9 Å². The summed E-state index contributed by atoms with van der Waals surface area (Å²) < 4.78 is 49.5. The zero-order valence-corrected chi connectivity index (χ0v) is 30.0. The Morgan fingerprint density at radius 2 is 1.82 bits per heavy atom. The third-order valence-electron chi connectivity index (χ3n) is 11.6. The number of nitrogens with zero attached hydrogens (tertiary/aromatic N) is 5. The number of aromatic nitrogens is 2. The van der Waals surface area contributed by atoms with Gasteiger partial charge in [0.2, 0.25) is 0 Å². The van der Waals surface area contributed by atoms with Crippen LogP contribution in [-0.2, 0) is 22.4 Å². The highest BCUT2D eigenvalue weighted by molar-refractivity contribution is 9.10. The van der Waals surface area contributed by atoms with Crippen LogP contribution in [0.15, 0.2) is 4.47 Å². The molecule has 4 atom stereocenters. The van der Waals surface area contributed by atoms with E-state index in [2.05, 4.69) is 69.5 Å². The first kappa shape index (κ1) is 32.1. The van der Waals surface area contributed by atoms with Crippen LogP contribution in [0.4, 0.5) is 14.6 Å². The van der Waals surface area contributed by atoms with Crippen molar-refractivity contribution in [2.24, 2.45) is 0 Å². The molecule has 4 fully saturated rings. The number of halogens is 3. The summed E-state index contributed by atoms with van der Waals surface area (Å²) in [7, 11) is -1.76. The molecular formula is C33H48BrF2N5O3Si. The number of hydrogen-bond donors (Lipinski definition) is 0. The lowest BCUT2D eigenvalue weighted by molar-refractivity contribution is 0.107. The van der Waals surface area contributed by atoms with Gasteiger partial charge in [-0.2, -0.15) is 9.97 Å². The van der Waals surface area contributed by atoms with E-state index in [1.807, 2.05) is 0 Å². The molecule has 6 heterocycles. The second-order valence-electron chi connectivity index (χ2n) is 15.5. The highest BCUT2D eigenvalue weighted by Gasteiger charge is 2.50. The van der Waals surface area contributed by atoms with E-state index in [1.54, 1.807) is 0 Å². The molecule has 5 aliphatic heterocycles. The van der Waals surface area contributed by atoms with Crippen molar-refractivity contribution >= 4 is 41.0 Å². The van der Waals surface area contributed by atoms with Crippen molar-refractivity contribution in [3.63, 3.8) is 0 Å². The summed E-state index contributed by atoms with van der Waals surface area (Å²) in [5.41, 5.74) is 1.74. The van der Waals surface area contributed by atoms with Crippen LogP contribution < -0.4 is 9.64 Å². The molecule has 248 valence electrons. The lowest BCUT2D eigenvalue weighted by atomic mass is 9.95. The number of benzene rings is 1. The van der Waals surface area contributed by atoms with Crippen LogP contribution in [0.3, 0.4) is 0 Å². The number of piperazine rings is 1. The largest absolute Gasteiger partial charge is 0.461 e. The Hall–Kier alpha value is -1.44. The molecule has 12 heteroatoms. The van der Waals surface area contributed by atoms with Gasteiger partial charge in [0.25, 0.3) is 0 Å². The lowest BCUT2D eigenvalue weighted by Gasteiger charge is -2.42. The van der Waals surface area contributed by atoms with Crippen molar-refractivity contribution in [1.29, 1.82) is 0 Å². The second-order valence-corrected chi connectivity index (χ2v) is 21.1. The van der Waals surface area contributed by atoms with Crippen LogP contribution in [0.5, 0.6) is 6.01 Å². The summed E-state index contributed by atoms with van der Waals surface area (Å²) >= 11 is 3.50. The van der Waals surface area contributed by atoms with Gasteiger partial charge in [-0.15, -0.1) is 0 Å². The molecule has 8 nitrogen and oxygen atoms in total. The van der Waals surface area contributed by atoms with Crippen molar-refractivity contribution in [2.75, 3.05) is 50.8 Å². The fraction of sp³-hybridized carbons (Fsp3) is 0.758. The lowest BCUT2D eigenvalue weighted by Crippen LogP contribution is -2.54. The van der Waals surface area contributed by atoms with Crippen molar-refractivity contribution in [2.45, 2.75) is 114 Å². The minimum atomic E-state index is -1.76. The molecule has 0 aliphatic carbocycles. The number of ether oxygens (including phenoxy) is 2. The molecule has 1 aromatic heterocycles. The monoisotopic (exact) mass is 707 g/mol.